The molecule has 0 saturated carbocycles. The fourth-order valence-corrected chi connectivity index (χ4v) is 3.49. The zero-order valence-electron chi connectivity index (χ0n) is 17.2. The Bertz CT molecular complexity index is 1090. The van der Waals surface area contributed by atoms with Crippen LogP contribution in [0.25, 0.3) is 11.3 Å². The molecule has 30 heavy (non-hydrogen) atoms. The second-order valence-electron chi connectivity index (χ2n) is 7.73. The molecule has 0 aromatic heterocycles. The Labute approximate surface area is 177 Å². The van der Waals surface area contributed by atoms with E-state index in [1.165, 1.54) is 5.56 Å². The van der Waals surface area contributed by atoms with Gasteiger partial charge in [0.2, 0.25) is 0 Å². The Morgan fingerprint density at radius 2 is 1.73 bits per heavy atom. The smallest absolute Gasteiger partial charge is 0.258 e. The first-order valence-electron chi connectivity index (χ1n) is 10.1. The zero-order valence-corrected chi connectivity index (χ0v) is 17.2. The molecule has 0 atom stereocenters. The van der Waals surface area contributed by atoms with Crippen molar-refractivity contribution >= 4 is 34.2 Å². The molecule has 1 aliphatic heterocycles. The van der Waals surface area contributed by atoms with E-state index < -0.39 is 0 Å². The van der Waals surface area contributed by atoms with Crippen molar-refractivity contribution in [1.82, 2.24) is 5.32 Å². The van der Waals surface area contributed by atoms with Crippen LogP contribution in [0.2, 0.25) is 0 Å². The maximum atomic E-state index is 12.9. The van der Waals surface area contributed by atoms with Crippen LogP contribution in [-0.2, 0) is 11.3 Å². The van der Waals surface area contributed by atoms with Gasteiger partial charge in [0.25, 0.3) is 5.91 Å². The van der Waals surface area contributed by atoms with Gasteiger partial charge in [0.15, 0.2) is 0 Å². The quantitative estimate of drug-likeness (QED) is 0.358. The van der Waals surface area contributed by atoms with Crippen LogP contribution in [0.3, 0.4) is 0 Å². The highest BCUT2D eigenvalue weighted by molar-refractivity contribution is 6.37. The lowest BCUT2D eigenvalue weighted by Gasteiger charge is -2.15. The molecule has 0 spiro atoms. The van der Waals surface area contributed by atoms with Crippen LogP contribution in [0.15, 0.2) is 72.8 Å². The SMILES string of the molecule is CC(C)NCc1ccc(NC(=C2C(=O)Nc3ccc(N)cc32)c2ccccc2)cc1. The lowest BCUT2D eigenvalue weighted by Crippen LogP contribution is -2.21. The molecule has 4 rings (SSSR count). The number of hydrogen-bond acceptors (Lipinski definition) is 4. The van der Waals surface area contributed by atoms with Gasteiger partial charge in [-0.15, -0.1) is 0 Å². The fraction of sp³-hybridized carbons (Fsp3) is 0.160. The van der Waals surface area contributed by atoms with Crippen LogP contribution >= 0.6 is 0 Å². The molecular formula is C25H26N4O. The van der Waals surface area contributed by atoms with E-state index in [1.54, 1.807) is 6.07 Å². The summed E-state index contributed by atoms with van der Waals surface area (Å²) in [5.41, 5.74) is 12.6. The van der Waals surface area contributed by atoms with E-state index in [4.69, 9.17) is 5.73 Å². The molecule has 0 aliphatic carbocycles. The number of fused-ring (bicyclic) bond motifs is 1. The normalized spacial score (nSPS) is 14.4. The van der Waals surface area contributed by atoms with E-state index in [9.17, 15) is 4.79 Å². The summed E-state index contributed by atoms with van der Waals surface area (Å²) < 4.78 is 0. The van der Waals surface area contributed by atoms with Crippen molar-refractivity contribution in [2.45, 2.75) is 26.4 Å². The molecule has 3 aromatic rings. The molecule has 0 fully saturated rings. The van der Waals surface area contributed by atoms with Crippen molar-refractivity contribution in [3.63, 3.8) is 0 Å². The number of hydrogen-bond donors (Lipinski definition) is 4. The number of carbonyl (C=O) groups is 1. The van der Waals surface area contributed by atoms with Crippen LogP contribution in [0.1, 0.15) is 30.5 Å². The number of amides is 1. The van der Waals surface area contributed by atoms with E-state index in [2.05, 4.69) is 41.9 Å². The van der Waals surface area contributed by atoms with Crippen molar-refractivity contribution in [3.8, 4) is 0 Å². The van der Waals surface area contributed by atoms with Crippen LogP contribution in [0.5, 0.6) is 0 Å². The number of nitrogens with one attached hydrogen (secondary N) is 3. The molecule has 1 heterocycles. The Morgan fingerprint density at radius 3 is 2.43 bits per heavy atom. The van der Waals surface area contributed by atoms with E-state index in [0.29, 0.717) is 17.3 Å². The first-order chi connectivity index (χ1) is 14.5. The molecule has 5 nitrogen and oxygen atoms in total. The molecule has 0 saturated heterocycles. The van der Waals surface area contributed by atoms with E-state index in [1.807, 2.05) is 54.6 Å². The summed E-state index contributed by atoms with van der Waals surface area (Å²) in [5.74, 6) is -0.139. The number of anilines is 3. The Morgan fingerprint density at radius 1 is 1.00 bits per heavy atom. The Balaban J connectivity index is 1.74. The van der Waals surface area contributed by atoms with Gasteiger partial charge in [0.05, 0.1) is 11.3 Å². The summed E-state index contributed by atoms with van der Waals surface area (Å²) in [5, 5.41) is 9.84. The highest BCUT2D eigenvalue weighted by Crippen LogP contribution is 2.38. The summed E-state index contributed by atoms with van der Waals surface area (Å²) >= 11 is 0. The van der Waals surface area contributed by atoms with Gasteiger partial charge in [-0.05, 0) is 41.5 Å². The van der Waals surface area contributed by atoms with E-state index in [0.717, 1.165) is 34.7 Å². The van der Waals surface area contributed by atoms with Gasteiger partial charge in [0.1, 0.15) is 0 Å². The van der Waals surface area contributed by atoms with Crippen LogP contribution in [0.4, 0.5) is 17.1 Å². The van der Waals surface area contributed by atoms with Crippen molar-refractivity contribution < 1.29 is 4.79 Å². The van der Waals surface area contributed by atoms with Gasteiger partial charge >= 0.3 is 0 Å². The monoisotopic (exact) mass is 398 g/mol. The number of benzene rings is 3. The highest BCUT2D eigenvalue weighted by atomic mass is 16.2. The largest absolute Gasteiger partial charge is 0.399 e. The predicted molar refractivity (Wildman–Crippen MR) is 125 cm³/mol. The minimum atomic E-state index is -0.139. The van der Waals surface area contributed by atoms with Gasteiger partial charge < -0.3 is 21.7 Å². The second kappa shape index (κ2) is 8.43. The van der Waals surface area contributed by atoms with Crippen LogP contribution in [-0.4, -0.2) is 11.9 Å². The minimum Gasteiger partial charge on any atom is -0.399 e. The predicted octanol–water partition coefficient (Wildman–Crippen LogP) is 4.70. The van der Waals surface area contributed by atoms with Gasteiger partial charge in [-0.2, -0.15) is 0 Å². The fourth-order valence-electron chi connectivity index (χ4n) is 3.49. The van der Waals surface area contributed by atoms with Crippen molar-refractivity contribution in [3.05, 3.63) is 89.5 Å². The molecule has 5 N–H and O–H groups in total. The van der Waals surface area contributed by atoms with Gasteiger partial charge in [0, 0.05) is 35.2 Å². The maximum Gasteiger partial charge on any atom is 0.258 e. The van der Waals surface area contributed by atoms with Gasteiger partial charge in [-0.3, -0.25) is 4.79 Å². The number of nitrogens with two attached hydrogens (primary N) is 1. The van der Waals surface area contributed by atoms with Crippen molar-refractivity contribution in [1.29, 1.82) is 0 Å². The standard InChI is InChI=1S/C25H26N4O/c1-16(2)27-15-17-8-11-20(12-9-17)28-24(18-6-4-3-5-7-18)23-21-14-19(26)10-13-22(21)29-25(23)30/h3-14,16,27-28H,15,26H2,1-2H3,(H,29,30). The lowest BCUT2D eigenvalue weighted by atomic mass is 9.99. The summed E-state index contributed by atoms with van der Waals surface area (Å²) in [7, 11) is 0. The van der Waals surface area contributed by atoms with Crippen molar-refractivity contribution in [2.75, 3.05) is 16.4 Å². The molecule has 0 radical (unpaired) electrons. The number of rotatable bonds is 6. The third-order valence-corrected chi connectivity index (χ3v) is 5.04. The van der Waals surface area contributed by atoms with Gasteiger partial charge in [-0.25, -0.2) is 0 Å². The first kappa shape index (κ1) is 19.7. The number of carbonyl (C=O) groups excluding carboxylic acids is 1. The third-order valence-electron chi connectivity index (χ3n) is 5.04. The second-order valence-corrected chi connectivity index (χ2v) is 7.73. The summed E-state index contributed by atoms with van der Waals surface area (Å²) in [4.78, 5) is 12.9. The zero-order chi connectivity index (χ0) is 21.1. The minimum absolute atomic E-state index is 0.139. The molecule has 0 bridgehead atoms. The molecule has 5 heteroatoms. The average Bonchev–Trinajstić information content (AvgIpc) is 3.07. The van der Waals surface area contributed by atoms with E-state index >= 15 is 0 Å². The summed E-state index contributed by atoms with van der Waals surface area (Å²) in [6.45, 7) is 5.08. The molecule has 1 amide bonds. The molecule has 152 valence electrons. The maximum absolute atomic E-state index is 12.9. The number of nitrogen functional groups attached to an aromatic ring is 1. The molecule has 1 aliphatic rings. The van der Waals surface area contributed by atoms with Crippen molar-refractivity contribution in [2.24, 2.45) is 0 Å². The summed E-state index contributed by atoms with van der Waals surface area (Å²) in [6, 6.07) is 24.0. The van der Waals surface area contributed by atoms with Crippen LogP contribution < -0.4 is 21.7 Å². The lowest BCUT2D eigenvalue weighted by molar-refractivity contribution is -0.110. The Kier molecular flexibility index (Phi) is 5.55. The topological polar surface area (TPSA) is 79.2 Å². The molecular weight excluding hydrogens is 372 g/mol. The van der Waals surface area contributed by atoms with Gasteiger partial charge in [-0.1, -0.05) is 56.3 Å². The van der Waals surface area contributed by atoms with E-state index in [-0.39, 0.29) is 5.91 Å². The molecule has 3 aromatic carbocycles. The Hall–Kier alpha value is -3.57. The first-order valence-corrected chi connectivity index (χ1v) is 10.1. The summed E-state index contributed by atoms with van der Waals surface area (Å²) in [6.07, 6.45) is 0. The third kappa shape index (κ3) is 4.21. The highest BCUT2D eigenvalue weighted by Gasteiger charge is 2.28. The average molecular weight is 399 g/mol. The molecule has 0 unspecified atom stereocenters. The van der Waals surface area contributed by atoms with Crippen LogP contribution in [0, 0.1) is 0 Å².